The zero-order valence-electron chi connectivity index (χ0n) is 26.9. The number of morpholine rings is 1. The molecule has 0 spiro atoms. The predicted molar refractivity (Wildman–Crippen MR) is 171 cm³/mol. The number of methoxy groups -OCH3 is 1. The molecule has 1 aliphatic carbocycles. The number of nitrogens with zero attached hydrogens (tertiary/aromatic N) is 10. The summed E-state index contributed by atoms with van der Waals surface area (Å²) in [6.07, 6.45) is 11.9. The number of nitrogens with one attached hydrogen (secondary N) is 1. The molecule has 2 aliphatic rings. The summed E-state index contributed by atoms with van der Waals surface area (Å²) >= 11 is 0. The van der Waals surface area contributed by atoms with E-state index in [2.05, 4.69) is 41.8 Å². The van der Waals surface area contributed by atoms with Crippen molar-refractivity contribution >= 4 is 11.6 Å². The molecule has 0 amide bonds. The van der Waals surface area contributed by atoms with Gasteiger partial charge in [0.15, 0.2) is 0 Å². The summed E-state index contributed by atoms with van der Waals surface area (Å²) in [6, 6.07) is 8.52. The van der Waals surface area contributed by atoms with Crippen LogP contribution in [0.2, 0.25) is 0 Å². The number of hydrogen-bond donors (Lipinski definition) is 1. The van der Waals surface area contributed by atoms with Crippen LogP contribution in [-0.2, 0) is 16.0 Å². The van der Waals surface area contributed by atoms with E-state index < -0.39 is 0 Å². The summed E-state index contributed by atoms with van der Waals surface area (Å²) in [5, 5.41) is 29.0. The smallest absolute Gasteiger partial charge is 0.256 e. The Kier molecular flexibility index (Phi) is 10.8. The van der Waals surface area contributed by atoms with E-state index >= 15 is 0 Å². The van der Waals surface area contributed by atoms with Gasteiger partial charge < -0.3 is 24.3 Å². The van der Waals surface area contributed by atoms with E-state index in [9.17, 15) is 5.26 Å². The summed E-state index contributed by atoms with van der Waals surface area (Å²) in [7, 11) is 1.68. The van der Waals surface area contributed by atoms with Crippen LogP contribution in [0.5, 0.6) is 11.6 Å². The van der Waals surface area contributed by atoms with Crippen molar-refractivity contribution in [2.75, 3.05) is 51.9 Å². The lowest BCUT2D eigenvalue weighted by atomic mass is 9.90. The van der Waals surface area contributed by atoms with Crippen LogP contribution >= 0.6 is 0 Å². The minimum Gasteiger partial charge on any atom is -0.487 e. The first-order valence-corrected chi connectivity index (χ1v) is 16.1. The van der Waals surface area contributed by atoms with E-state index in [1.165, 1.54) is 6.33 Å². The average molecular weight is 644 g/mol. The number of benzene rings is 1. The highest BCUT2D eigenvalue weighted by Gasteiger charge is 2.29. The first-order valence-electron chi connectivity index (χ1n) is 16.1. The van der Waals surface area contributed by atoms with Crippen LogP contribution in [0.3, 0.4) is 0 Å². The molecule has 15 heteroatoms. The molecule has 248 valence electrons. The normalized spacial score (nSPS) is 19.2. The number of hydrogen-bond acceptors (Lipinski definition) is 13. The highest BCUT2D eigenvalue weighted by molar-refractivity contribution is 5.67. The second-order valence-corrected chi connectivity index (χ2v) is 11.8. The lowest BCUT2D eigenvalue weighted by molar-refractivity contribution is 0.00503. The summed E-state index contributed by atoms with van der Waals surface area (Å²) in [6.45, 7) is 7.13. The van der Waals surface area contributed by atoms with E-state index in [-0.39, 0.29) is 6.10 Å². The van der Waals surface area contributed by atoms with Crippen molar-refractivity contribution in [3.8, 4) is 28.8 Å². The second-order valence-electron chi connectivity index (χ2n) is 11.8. The molecule has 3 aromatic heterocycles. The first-order chi connectivity index (χ1) is 23.1. The van der Waals surface area contributed by atoms with Gasteiger partial charge in [-0.25, -0.2) is 14.6 Å². The monoisotopic (exact) mass is 643 g/mol. The maximum absolute atomic E-state index is 9.65. The van der Waals surface area contributed by atoms with E-state index in [4.69, 9.17) is 24.0 Å². The van der Waals surface area contributed by atoms with Crippen LogP contribution < -0.4 is 14.8 Å². The van der Waals surface area contributed by atoms with Gasteiger partial charge in [-0.1, -0.05) is 6.07 Å². The van der Waals surface area contributed by atoms with Crippen LogP contribution in [-0.4, -0.2) is 104 Å². The fraction of sp³-hybridized carbons (Fsp3) is 0.531. The van der Waals surface area contributed by atoms with E-state index in [1.807, 2.05) is 29.9 Å². The SMILES string of the molecule is COCCCOc1nn([C@H]2CC[C@H](N3CCOCC3)CC2)cc1Nc1ncc(-c2ccc(C#N)c(O[C@@H](C)Cn3cnnn3)c2)cn1. The van der Waals surface area contributed by atoms with Gasteiger partial charge in [0.2, 0.25) is 5.95 Å². The number of rotatable bonds is 14. The third-order valence-corrected chi connectivity index (χ3v) is 8.53. The number of anilines is 2. The van der Waals surface area contributed by atoms with Gasteiger partial charge in [-0.3, -0.25) is 9.58 Å². The van der Waals surface area contributed by atoms with Crippen molar-refractivity contribution in [1.29, 1.82) is 5.26 Å². The lowest BCUT2D eigenvalue weighted by Gasteiger charge is -2.38. The Labute approximate surface area is 273 Å². The molecule has 1 atom stereocenters. The van der Waals surface area contributed by atoms with Crippen molar-refractivity contribution < 1.29 is 18.9 Å². The fourth-order valence-corrected chi connectivity index (χ4v) is 6.09. The standard InChI is InChI=1S/C32H41N11O4/c1-23(20-42-22-36-39-40-42)47-30-16-24(4-5-25(30)17-33)26-18-34-32(35-19-26)37-29-21-43(38-31(29)46-13-3-12-44-2)28-8-6-27(7-9-28)41-10-14-45-15-11-41/h4-5,16,18-19,21-23,27-28H,3,6-15,20H2,1-2H3,(H,34,35,37)/t23-,27-,28-/m0/s1. The Hall–Kier alpha value is -4.65. The Morgan fingerprint density at radius 3 is 2.57 bits per heavy atom. The van der Waals surface area contributed by atoms with Gasteiger partial charge in [0.25, 0.3) is 5.88 Å². The minimum absolute atomic E-state index is 0.268. The molecule has 2 fully saturated rings. The van der Waals surface area contributed by atoms with Gasteiger partial charge in [0, 0.05) is 57.2 Å². The molecule has 6 rings (SSSR count). The van der Waals surface area contributed by atoms with Crippen molar-refractivity contribution in [2.45, 2.75) is 63.8 Å². The van der Waals surface area contributed by atoms with Crippen LogP contribution in [0, 0.1) is 11.3 Å². The van der Waals surface area contributed by atoms with Crippen molar-refractivity contribution in [3.05, 3.63) is 48.7 Å². The van der Waals surface area contributed by atoms with Crippen LogP contribution in [0.4, 0.5) is 11.6 Å². The Morgan fingerprint density at radius 1 is 1.06 bits per heavy atom. The zero-order chi connectivity index (χ0) is 32.4. The molecule has 1 N–H and O–H groups in total. The lowest BCUT2D eigenvalue weighted by Crippen LogP contribution is -2.45. The maximum atomic E-state index is 9.65. The molecule has 1 saturated heterocycles. The fourth-order valence-electron chi connectivity index (χ4n) is 6.09. The minimum atomic E-state index is -0.268. The summed E-state index contributed by atoms with van der Waals surface area (Å²) < 4.78 is 26.5. The topological polar surface area (TPSA) is 163 Å². The van der Waals surface area contributed by atoms with Gasteiger partial charge in [-0.2, -0.15) is 5.26 Å². The van der Waals surface area contributed by atoms with Gasteiger partial charge in [-0.15, -0.1) is 10.2 Å². The molecule has 4 aromatic rings. The second kappa shape index (κ2) is 15.8. The Morgan fingerprint density at radius 2 is 1.85 bits per heavy atom. The maximum Gasteiger partial charge on any atom is 0.256 e. The summed E-state index contributed by atoms with van der Waals surface area (Å²) in [5.74, 6) is 1.41. The largest absolute Gasteiger partial charge is 0.487 e. The number of aromatic nitrogens is 8. The third kappa shape index (κ3) is 8.39. The van der Waals surface area contributed by atoms with Gasteiger partial charge in [0.05, 0.1) is 44.2 Å². The number of ether oxygens (including phenoxy) is 4. The molecule has 0 bridgehead atoms. The van der Waals surface area contributed by atoms with Gasteiger partial charge in [0.1, 0.15) is 29.9 Å². The molecular weight excluding hydrogens is 602 g/mol. The molecule has 47 heavy (non-hydrogen) atoms. The van der Waals surface area contributed by atoms with Gasteiger partial charge in [-0.05, 0) is 60.7 Å². The number of nitriles is 1. The molecule has 1 aromatic carbocycles. The quantitative estimate of drug-likeness (QED) is 0.198. The molecule has 0 radical (unpaired) electrons. The highest BCUT2D eigenvalue weighted by atomic mass is 16.5. The summed E-state index contributed by atoms with van der Waals surface area (Å²) in [5.41, 5.74) is 2.75. The Bertz CT molecular complexity index is 1590. The molecule has 1 saturated carbocycles. The average Bonchev–Trinajstić information content (AvgIpc) is 3.77. The van der Waals surface area contributed by atoms with Crippen molar-refractivity contribution in [3.63, 3.8) is 0 Å². The summed E-state index contributed by atoms with van der Waals surface area (Å²) in [4.78, 5) is 11.7. The van der Waals surface area contributed by atoms with Crippen molar-refractivity contribution in [2.24, 2.45) is 0 Å². The van der Waals surface area contributed by atoms with E-state index in [1.54, 1.807) is 30.3 Å². The first kappa shape index (κ1) is 32.3. The third-order valence-electron chi connectivity index (χ3n) is 8.53. The molecule has 15 nitrogen and oxygen atoms in total. The van der Waals surface area contributed by atoms with Gasteiger partial charge >= 0.3 is 0 Å². The molecule has 0 unspecified atom stereocenters. The zero-order valence-corrected chi connectivity index (χ0v) is 26.9. The molecular formula is C32H41N11O4. The van der Waals surface area contributed by atoms with Crippen LogP contribution in [0.15, 0.2) is 43.1 Å². The van der Waals surface area contributed by atoms with Crippen LogP contribution in [0.1, 0.15) is 50.6 Å². The predicted octanol–water partition coefficient (Wildman–Crippen LogP) is 3.64. The molecule has 4 heterocycles. The van der Waals surface area contributed by atoms with E-state index in [0.29, 0.717) is 55.0 Å². The molecule has 1 aliphatic heterocycles. The highest BCUT2D eigenvalue weighted by Crippen LogP contribution is 2.35. The Balaban J connectivity index is 1.13. The van der Waals surface area contributed by atoms with Crippen molar-refractivity contribution in [1.82, 2.24) is 44.9 Å². The number of tetrazole rings is 1. The van der Waals surface area contributed by atoms with E-state index in [0.717, 1.165) is 75.2 Å². The van der Waals surface area contributed by atoms with Crippen LogP contribution in [0.25, 0.3) is 11.1 Å².